The van der Waals surface area contributed by atoms with E-state index < -0.39 is 0 Å². The molecule has 0 aliphatic carbocycles. The van der Waals surface area contributed by atoms with Gasteiger partial charge in [0.2, 0.25) is 0 Å². The minimum Gasteiger partial charge on any atom is -0.0830 e. The van der Waals surface area contributed by atoms with E-state index in [4.69, 9.17) is 11.6 Å². The quantitative estimate of drug-likeness (QED) is 0.277. The molecule has 3 aromatic carbocycles. The third-order valence-corrected chi connectivity index (χ3v) is 5.47. The van der Waals surface area contributed by atoms with Gasteiger partial charge in [0.1, 0.15) is 0 Å². The smallest absolute Gasteiger partial charge is 0.0568 e. The Hall–Kier alpha value is -2.49. The topological polar surface area (TPSA) is 0 Å². The lowest BCUT2D eigenvalue weighted by atomic mass is 10.0. The molecule has 0 spiro atoms. The summed E-state index contributed by atoms with van der Waals surface area (Å²) in [5.41, 5.74) is 6.96. The second kappa shape index (κ2) is 10.9. The molecule has 0 saturated carbocycles. The zero-order chi connectivity index (χ0) is 20.5. The van der Waals surface area contributed by atoms with Gasteiger partial charge in [0.05, 0.1) is 5.02 Å². The van der Waals surface area contributed by atoms with Crippen LogP contribution in [0.2, 0.25) is 5.02 Å². The molecule has 0 unspecified atom stereocenters. The van der Waals surface area contributed by atoms with Gasteiger partial charge in [-0.25, -0.2) is 0 Å². The predicted molar refractivity (Wildman–Crippen MR) is 127 cm³/mol. The Labute approximate surface area is 180 Å². The summed E-state index contributed by atoms with van der Waals surface area (Å²) < 4.78 is 0. The zero-order valence-corrected chi connectivity index (χ0v) is 18.2. The van der Waals surface area contributed by atoms with Crippen LogP contribution in [0.4, 0.5) is 0 Å². The van der Waals surface area contributed by atoms with Crippen molar-refractivity contribution in [2.75, 3.05) is 0 Å². The molecule has 0 heterocycles. The van der Waals surface area contributed by atoms with Crippen LogP contribution in [0.15, 0.2) is 66.7 Å². The van der Waals surface area contributed by atoms with Gasteiger partial charge in [-0.2, -0.15) is 0 Å². The lowest BCUT2D eigenvalue weighted by Gasteiger charge is -2.06. The molecule has 0 aliphatic heterocycles. The highest BCUT2D eigenvalue weighted by Crippen LogP contribution is 2.26. The second-order valence-electron chi connectivity index (χ2n) is 7.55. The molecule has 29 heavy (non-hydrogen) atoms. The largest absolute Gasteiger partial charge is 0.0830 e. The summed E-state index contributed by atoms with van der Waals surface area (Å²) in [5, 5.41) is 0.699. The second-order valence-corrected chi connectivity index (χ2v) is 7.95. The third kappa shape index (κ3) is 6.25. The van der Waals surface area contributed by atoms with Gasteiger partial charge in [0, 0.05) is 11.1 Å². The van der Waals surface area contributed by atoms with E-state index in [0.29, 0.717) is 5.02 Å². The van der Waals surface area contributed by atoms with E-state index in [9.17, 15) is 0 Å². The SMILES string of the molecule is CCCCCc1ccc(-c2ccc(C#Cc3ccc(CCC)cc3)c(Cl)c2)cc1. The van der Waals surface area contributed by atoms with Crippen molar-refractivity contribution in [1.82, 2.24) is 0 Å². The standard InChI is InChI=1S/C28H29Cl/c1-3-5-6-8-23-13-16-25(17-14-23)27-20-19-26(28(29)21-27)18-15-24-11-9-22(7-4-2)10-12-24/h9-14,16-17,19-21H,3-8H2,1-2H3. The van der Waals surface area contributed by atoms with Gasteiger partial charge >= 0.3 is 0 Å². The molecule has 0 fully saturated rings. The Morgan fingerprint density at radius 2 is 1.31 bits per heavy atom. The zero-order valence-electron chi connectivity index (χ0n) is 17.5. The van der Waals surface area contributed by atoms with Crippen LogP contribution in [0.3, 0.4) is 0 Å². The lowest BCUT2D eigenvalue weighted by Crippen LogP contribution is -1.87. The Kier molecular flexibility index (Phi) is 7.97. The molecule has 0 saturated heterocycles. The summed E-state index contributed by atoms with van der Waals surface area (Å²) in [6.07, 6.45) is 7.24. The van der Waals surface area contributed by atoms with Crippen LogP contribution in [0.5, 0.6) is 0 Å². The Morgan fingerprint density at radius 1 is 0.655 bits per heavy atom. The summed E-state index contributed by atoms with van der Waals surface area (Å²) in [7, 11) is 0. The van der Waals surface area contributed by atoms with E-state index in [-0.39, 0.29) is 0 Å². The fourth-order valence-corrected chi connectivity index (χ4v) is 3.65. The first-order valence-corrected chi connectivity index (χ1v) is 11.1. The minimum absolute atomic E-state index is 0.699. The van der Waals surface area contributed by atoms with Gasteiger partial charge in [-0.15, -0.1) is 0 Å². The molecule has 0 aromatic heterocycles. The summed E-state index contributed by atoms with van der Waals surface area (Å²) in [6.45, 7) is 4.44. The highest BCUT2D eigenvalue weighted by Gasteiger charge is 2.03. The molecular weight excluding hydrogens is 372 g/mol. The first-order chi connectivity index (χ1) is 14.2. The van der Waals surface area contributed by atoms with E-state index >= 15 is 0 Å². The predicted octanol–water partition coefficient (Wildman–Crippen LogP) is 8.09. The van der Waals surface area contributed by atoms with Crippen LogP contribution < -0.4 is 0 Å². The van der Waals surface area contributed by atoms with Crippen LogP contribution in [0, 0.1) is 11.8 Å². The molecule has 0 amide bonds. The van der Waals surface area contributed by atoms with E-state index in [0.717, 1.165) is 36.0 Å². The Balaban J connectivity index is 1.70. The van der Waals surface area contributed by atoms with Crippen LogP contribution >= 0.6 is 11.6 Å². The maximum atomic E-state index is 6.53. The summed E-state index contributed by atoms with van der Waals surface area (Å²) >= 11 is 6.53. The van der Waals surface area contributed by atoms with Gasteiger partial charge in [0.25, 0.3) is 0 Å². The lowest BCUT2D eigenvalue weighted by molar-refractivity contribution is 0.717. The van der Waals surface area contributed by atoms with Gasteiger partial charge in [-0.05, 0) is 65.8 Å². The number of benzene rings is 3. The molecule has 3 aromatic rings. The van der Waals surface area contributed by atoms with E-state index in [1.807, 2.05) is 12.1 Å². The highest BCUT2D eigenvalue weighted by molar-refractivity contribution is 6.32. The van der Waals surface area contributed by atoms with Crippen LogP contribution in [-0.2, 0) is 12.8 Å². The number of halogens is 1. The fraction of sp³-hybridized carbons (Fsp3) is 0.286. The average molecular weight is 401 g/mol. The van der Waals surface area contributed by atoms with Crippen molar-refractivity contribution in [3.63, 3.8) is 0 Å². The average Bonchev–Trinajstić information content (AvgIpc) is 2.75. The number of hydrogen-bond acceptors (Lipinski definition) is 0. The van der Waals surface area contributed by atoms with Crippen molar-refractivity contribution in [3.8, 4) is 23.0 Å². The van der Waals surface area contributed by atoms with Crippen molar-refractivity contribution in [3.05, 3.63) is 94.0 Å². The van der Waals surface area contributed by atoms with Crippen molar-refractivity contribution >= 4 is 11.6 Å². The molecule has 1 heteroatoms. The van der Waals surface area contributed by atoms with Gasteiger partial charge in [0.15, 0.2) is 0 Å². The highest BCUT2D eigenvalue weighted by atomic mass is 35.5. The van der Waals surface area contributed by atoms with E-state index in [2.05, 4.69) is 80.3 Å². The third-order valence-electron chi connectivity index (χ3n) is 5.16. The monoisotopic (exact) mass is 400 g/mol. The molecule has 0 radical (unpaired) electrons. The van der Waals surface area contributed by atoms with Crippen LogP contribution in [-0.4, -0.2) is 0 Å². The number of hydrogen-bond donors (Lipinski definition) is 0. The number of unbranched alkanes of at least 4 members (excludes halogenated alkanes) is 2. The van der Waals surface area contributed by atoms with Gasteiger partial charge < -0.3 is 0 Å². The first kappa shape index (κ1) is 21.2. The molecule has 0 nitrogen and oxygen atoms in total. The number of aryl methyl sites for hydroxylation is 2. The van der Waals surface area contributed by atoms with Crippen molar-refractivity contribution in [2.45, 2.75) is 52.4 Å². The van der Waals surface area contributed by atoms with Gasteiger partial charge in [-0.1, -0.05) is 99.0 Å². The molecule has 148 valence electrons. The normalized spacial score (nSPS) is 10.4. The minimum atomic E-state index is 0.699. The summed E-state index contributed by atoms with van der Waals surface area (Å²) in [4.78, 5) is 0. The molecule has 3 rings (SSSR count). The fourth-order valence-electron chi connectivity index (χ4n) is 3.42. The van der Waals surface area contributed by atoms with E-state index in [1.165, 1.54) is 36.0 Å². The molecular formula is C28H29Cl. The van der Waals surface area contributed by atoms with Crippen molar-refractivity contribution < 1.29 is 0 Å². The number of rotatable bonds is 7. The molecule has 0 N–H and O–H groups in total. The van der Waals surface area contributed by atoms with Crippen molar-refractivity contribution in [2.24, 2.45) is 0 Å². The van der Waals surface area contributed by atoms with E-state index in [1.54, 1.807) is 0 Å². The Morgan fingerprint density at radius 3 is 1.97 bits per heavy atom. The summed E-state index contributed by atoms with van der Waals surface area (Å²) in [6, 6.07) is 23.5. The molecule has 0 atom stereocenters. The van der Waals surface area contributed by atoms with Crippen LogP contribution in [0.25, 0.3) is 11.1 Å². The van der Waals surface area contributed by atoms with Crippen LogP contribution in [0.1, 0.15) is 61.8 Å². The first-order valence-electron chi connectivity index (χ1n) is 10.7. The summed E-state index contributed by atoms with van der Waals surface area (Å²) in [5.74, 6) is 6.44. The van der Waals surface area contributed by atoms with Crippen molar-refractivity contribution in [1.29, 1.82) is 0 Å². The molecule has 0 bridgehead atoms. The molecule has 0 aliphatic rings. The van der Waals surface area contributed by atoms with Gasteiger partial charge in [-0.3, -0.25) is 0 Å². The maximum Gasteiger partial charge on any atom is 0.0568 e. The maximum absolute atomic E-state index is 6.53. The Bertz CT molecular complexity index is 970.